The van der Waals surface area contributed by atoms with Gasteiger partial charge in [0.05, 0.1) is 11.0 Å². The average molecular weight is 733 g/mol. The number of aromatic nitrogens is 4. The molecule has 0 aliphatic heterocycles. The van der Waals surface area contributed by atoms with Crippen LogP contribution in [0.1, 0.15) is 0 Å². The van der Waals surface area contributed by atoms with E-state index in [0.29, 0.717) is 17.5 Å². The normalized spacial score (nSPS) is 11.6. The first-order valence-electron chi connectivity index (χ1n) is 18.8. The lowest BCUT2D eigenvalue weighted by molar-refractivity contribution is 1.08. The molecule has 3 heterocycles. The van der Waals surface area contributed by atoms with E-state index in [4.69, 9.17) is 15.0 Å². The molecule has 0 aliphatic rings. The van der Waals surface area contributed by atoms with Crippen LogP contribution in [0.25, 0.3) is 104 Å². The highest BCUT2D eigenvalue weighted by Gasteiger charge is 2.19. The second-order valence-corrected chi connectivity index (χ2v) is 15.1. The third-order valence-electron chi connectivity index (χ3n) is 10.6. The molecule has 11 aromatic rings. The van der Waals surface area contributed by atoms with Crippen LogP contribution in [0, 0.1) is 0 Å². The molecule has 0 bridgehead atoms. The van der Waals surface area contributed by atoms with Gasteiger partial charge >= 0.3 is 0 Å². The Hall–Kier alpha value is -7.21. The first-order chi connectivity index (χ1) is 27.7. The maximum Gasteiger partial charge on any atom is 0.165 e. The summed E-state index contributed by atoms with van der Waals surface area (Å²) in [5.41, 5.74) is 11.0. The van der Waals surface area contributed by atoms with E-state index in [1.807, 2.05) is 36.4 Å². The number of para-hydroxylation sites is 2. The predicted octanol–water partition coefficient (Wildman–Crippen LogP) is 13.7. The highest BCUT2D eigenvalue weighted by atomic mass is 32.1. The molecule has 5 heteroatoms. The topological polar surface area (TPSA) is 43.6 Å². The van der Waals surface area contributed by atoms with Crippen LogP contribution in [-0.4, -0.2) is 19.5 Å². The third kappa shape index (κ3) is 5.48. The van der Waals surface area contributed by atoms with E-state index in [2.05, 4.69) is 162 Å². The first-order valence-corrected chi connectivity index (χ1v) is 19.6. The second-order valence-electron chi connectivity index (χ2n) is 14.0. The molecule has 0 saturated heterocycles. The summed E-state index contributed by atoms with van der Waals surface area (Å²) in [4.78, 5) is 15.4. The fraction of sp³-hybridized carbons (Fsp3) is 0. The van der Waals surface area contributed by atoms with Gasteiger partial charge in [0.25, 0.3) is 0 Å². The fourth-order valence-electron chi connectivity index (χ4n) is 7.97. The van der Waals surface area contributed by atoms with Gasteiger partial charge in [0, 0.05) is 53.3 Å². The molecule has 0 spiro atoms. The zero-order chi connectivity index (χ0) is 37.0. The van der Waals surface area contributed by atoms with Crippen LogP contribution >= 0.6 is 11.3 Å². The molecular formula is C51H32N4S. The highest BCUT2D eigenvalue weighted by molar-refractivity contribution is 7.26. The number of thiophene rings is 1. The molecule has 0 saturated carbocycles. The second kappa shape index (κ2) is 13.3. The van der Waals surface area contributed by atoms with Crippen LogP contribution < -0.4 is 0 Å². The van der Waals surface area contributed by atoms with Crippen molar-refractivity contribution in [2.45, 2.75) is 0 Å². The number of hydrogen-bond acceptors (Lipinski definition) is 4. The Morgan fingerprint density at radius 1 is 0.339 bits per heavy atom. The monoisotopic (exact) mass is 732 g/mol. The van der Waals surface area contributed by atoms with Crippen molar-refractivity contribution in [3.63, 3.8) is 0 Å². The van der Waals surface area contributed by atoms with Crippen molar-refractivity contribution >= 4 is 53.3 Å². The molecule has 0 fully saturated rings. The SMILES string of the molecule is c1ccc(-c2nc(-c3ccccc3)nc(-c3cc(-c4cccc(-c5ccc6c7ccccc7n(-c7ccccc7)c6c5)c4)cc4c3sc3ccccc34)n2)cc1. The molecule has 56 heavy (non-hydrogen) atoms. The van der Waals surface area contributed by atoms with Gasteiger partial charge in [-0.1, -0.05) is 146 Å². The van der Waals surface area contributed by atoms with Crippen LogP contribution in [0.15, 0.2) is 194 Å². The lowest BCUT2D eigenvalue weighted by Gasteiger charge is -2.12. The van der Waals surface area contributed by atoms with Gasteiger partial charge in [-0.2, -0.15) is 0 Å². The smallest absolute Gasteiger partial charge is 0.165 e. The van der Waals surface area contributed by atoms with Gasteiger partial charge < -0.3 is 4.57 Å². The summed E-state index contributed by atoms with van der Waals surface area (Å²) < 4.78 is 4.77. The maximum absolute atomic E-state index is 5.18. The quantitative estimate of drug-likeness (QED) is 0.171. The van der Waals surface area contributed by atoms with Gasteiger partial charge in [-0.3, -0.25) is 0 Å². The van der Waals surface area contributed by atoms with Crippen molar-refractivity contribution in [3.8, 4) is 62.1 Å². The summed E-state index contributed by atoms with van der Waals surface area (Å²) in [6.07, 6.45) is 0. The number of benzene rings is 8. The van der Waals surface area contributed by atoms with Crippen LogP contribution in [0.2, 0.25) is 0 Å². The Morgan fingerprint density at radius 3 is 1.62 bits per heavy atom. The van der Waals surface area contributed by atoms with Crippen LogP contribution in [0.3, 0.4) is 0 Å². The molecule has 0 N–H and O–H groups in total. The minimum Gasteiger partial charge on any atom is -0.309 e. The van der Waals surface area contributed by atoms with Gasteiger partial charge in [-0.15, -0.1) is 11.3 Å². The molecule has 0 unspecified atom stereocenters. The molecule has 3 aromatic heterocycles. The first kappa shape index (κ1) is 32.2. The lowest BCUT2D eigenvalue weighted by atomic mass is 9.95. The zero-order valence-electron chi connectivity index (χ0n) is 30.2. The van der Waals surface area contributed by atoms with E-state index in [1.54, 1.807) is 11.3 Å². The summed E-state index contributed by atoms with van der Waals surface area (Å²) in [5.74, 6) is 1.96. The zero-order valence-corrected chi connectivity index (χ0v) is 31.0. The summed E-state index contributed by atoms with van der Waals surface area (Å²) in [5, 5.41) is 4.91. The number of hydrogen-bond donors (Lipinski definition) is 0. The Morgan fingerprint density at radius 2 is 0.893 bits per heavy atom. The van der Waals surface area contributed by atoms with Crippen LogP contribution in [-0.2, 0) is 0 Å². The van der Waals surface area contributed by atoms with Gasteiger partial charge in [0.2, 0.25) is 0 Å². The Balaban J connectivity index is 1.11. The number of nitrogens with zero attached hydrogens (tertiary/aromatic N) is 4. The van der Waals surface area contributed by atoms with Gasteiger partial charge in [0.15, 0.2) is 17.5 Å². The van der Waals surface area contributed by atoms with Crippen LogP contribution in [0.5, 0.6) is 0 Å². The van der Waals surface area contributed by atoms with Crippen molar-refractivity contribution in [3.05, 3.63) is 194 Å². The molecule has 11 rings (SSSR count). The van der Waals surface area contributed by atoms with Crippen molar-refractivity contribution < 1.29 is 0 Å². The lowest BCUT2D eigenvalue weighted by Crippen LogP contribution is -2.00. The molecule has 0 amide bonds. The molecule has 0 aliphatic carbocycles. The van der Waals surface area contributed by atoms with Crippen LogP contribution in [0.4, 0.5) is 0 Å². The number of fused-ring (bicyclic) bond motifs is 6. The summed E-state index contributed by atoms with van der Waals surface area (Å²) in [6, 6.07) is 68.7. The molecule has 8 aromatic carbocycles. The number of rotatable bonds is 6. The Labute approximate surface area is 327 Å². The molecule has 4 nitrogen and oxygen atoms in total. The summed E-state index contributed by atoms with van der Waals surface area (Å²) >= 11 is 1.79. The van der Waals surface area contributed by atoms with Crippen molar-refractivity contribution in [1.29, 1.82) is 0 Å². The van der Waals surface area contributed by atoms with Gasteiger partial charge in [0.1, 0.15) is 0 Å². The van der Waals surface area contributed by atoms with Crippen molar-refractivity contribution in [1.82, 2.24) is 19.5 Å². The van der Waals surface area contributed by atoms with E-state index in [9.17, 15) is 0 Å². The van der Waals surface area contributed by atoms with Crippen molar-refractivity contribution in [2.24, 2.45) is 0 Å². The Bertz CT molecular complexity index is 3180. The predicted molar refractivity (Wildman–Crippen MR) is 234 cm³/mol. The standard InChI is InChI=1S/C51H32N4S/c1-4-15-33(16-5-1)49-52-50(34-17-6-2-7-18-34)54-51(53-49)44-31-38(30-43-42-24-11-13-26-47(42)56-48(43)44)36-20-14-19-35(29-36)37-27-28-41-40-23-10-12-25-45(40)55(46(41)32-37)39-21-8-3-9-22-39/h1-32H. The molecular weight excluding hydrogens is 701 g/mol. The fourth-order valence-corrected chi connectivity index (χ4v) is 9.17. The maximum atomic E-state index is 5.18. The summed E-state index contributed by atoms with van der Waals surface area (Å²) in [7, 11) is 0. The molecule has 0 atom stereocenters. The van der Waals surface area contributed by atoms with E-state index in [-0.39, 0.29) is 0 Å². The van der Waals surface area contributed by atoms with E-state index in [1.165, 1.54) is 42.8 Å². The van der Waals surface area contributed by atoms with Gasteiger partial charge in [-0.25, -0.2) is 15.0 Å². The summed E-state index contributed by atoms with van der Waals surface area (Å²) in [6.45, 7) is 0. The van der Waals surface area contributed by atoms with E-state index >= 15 is 0 Å². The minimum atomic E-state index is 0.652. The third-order valence-corrected chi connectivity index (χ3v) is 11.9. The Kier molecular flexibility index (Phi) is 7.64. The van der Waals surface area contributed by atoms with Crippen molar-refractivity contribution in [2.75, 3.05) is 0 Å². The molecule has 262 valence electrons. The van der Waals surface area contributed by atoms with E-state index < -0.39 is 0 Å². The largest absolute Gasteiger partial charge is 0.309 e. The minimum absolute atomic E-state index is 0.652. The van der Waals surface area contributed by atoms with E-state index in [0.717, 1.165) is 43.8 Å². The highest BCUT2D eigenvalue weighted by Crippen LogP contribution is 2.43. The average Bonchev–Trinajstić information content (AvgIpc) is 3.82. The molecule has 0 radical (unpaired) electrons. The van der Waals surface area contributed by atoms with Gasteiger partial charge in [-0.05, 0) is 70.8 Å².